The van der Waals surface area contributed by atoms with E-state index in [-0.39, 0.29) is 11.8 Å². The molecule has 0 aliphatic rings. The van der Waals surface area contributed by atoms with Gasteiger partial charge >= 0.3 is 0 Å². The van der Waals surface area contributed by atoms with Crippen LogP contribution in [0.25, 0.3) is 0 Å². The van der Waals surface area contributed by atoms with Gasteiger partial charge in [-0.25, -0.2) is 9.37 Å². The number of nitrogens with two attached hydrogens (primary N) is 1. The molecule has 5 nitrogen and oxygen atoms in total. The van der Waals surface area contributed by atoms with E-state index in [9.17, 15) is 4.39 Å². The lowest BCUT2D eigenvalue weighted by molar-refractivity contribution is 0.608. The predicted octanol–water partition coefficient (Wildman–Crippen LogP) is 1.27. The van der Waals surface area contributed by atoms with E-state index in [1.807, 2.05) is 18.2 Å². The highest BCUT2D eigenvalue weighted by atomic mass is 19.1. The highest BCUT2D eigenvalue weighted by molar-refractivity contribution is 5.41. The summed E-state index contributed by atoms with van der Waals surface area (Å²) in [6, 6.07) is 5.71. The minimum absolute atomic E-state index is 0.0658. The molecule has 0 aliphatic heterocycles. The van der Waals surface area contributed by atoms with Crippen LogP contribution in [0.15, 0.2) is 30.6 Å². The number of likely N-dealkylation sites (N-methyl/N-ethyl adjacent to an activating group) is 1. The molecule has 2 N–H and O–H groups in total. The van der Waals surface area contributed by atoms with Gasteiger partial charge in [0.15, 0.2) is 11.6 Å². The Balaban J connectivity index is 2.03. The standard InChI is InChI=1S/C12H14FN5/c1-18(7-5-9-4-2-3-6-15-9)11-10(13)8-16-12(14)17-11/h2-4,6,8H,5,7H2,1H3,(H2,14,16,17). The lowest BCUT2D eigenvalue weighted by atomic mass is 10.2. The molecule has 0 atom stereocenters. The highest BCUT2D eigenvalue weighted by Crippen LogP contribution is 2.14. The van der Waals surface area contributed by atoms with Crippen LogP contribution in [-0.2, 0) is 6.42 Å². The number of halogens is 1. The molecule has 2 heterocycles. The number of hydrogen-bond acceptors (Lipinski definition) is 5. The maximum atomic E-state index is 13.5. The summed E-state index contributed by atoms with van der Waals surface area (Å²) in [4.78, 5) is 13.4. The number of pyridine rings is 1. The molecule has 0 unspecified atom stereocenters. The molecular formula is C12H14FN5. The van der Waals surface area contributed by atoms with Gasteiger partial charge < -0.3 is 10.6 Å². The van der Waals surface area contributed by atoms with E-state index in [2.05, 4.69) is 15.0 Å². The molecule has 0 fully saturated rings. The first-order chi connectivity index (χ1) is 8.66. The highest BCUT2D eigenvalue weighted by Gasteiger charge is 2.10. The van der Waals surface area contributed by atoms with Crippen LogP contribution in [0.3, 0.4) is 0 Å². The summed E-state index contributed by atoms with van der Waals surface area (Å²) in [6.45, 7) is 0.602. The number of nitrogens with zero attached hydrogens (tertiary/aromatic N) is 4. The van der Waals surface area contributed by atoms with Crippen molar-refractivity contribution in [2.45, 2.75) is 6.42 Å². The van der Waals surface area contributed by atoms with Crippen molar-refractivity contribution in [1.82, 2.24) is 15.0 Å². The van der Waals surface area contributed by atoms with Gasteiger partial charge in [-0.05, 0) is 12.1 Å². The SMILES string of the molecule is CN(CCc1ccccn1)c1nc(N)ncc1F. The molecule has 0 bridgehead atoms. The quantitative estimate of drug-likeness (QED) is 0.881. The summed E-state index contributed by atoms with van der Waals surface area (Å²) < 4.78 is 13.5. The number of rotatable bonds is 4. The Morgan fingerprint density at radius 1 is 1.33 bits per heavy atom. The third kappa shape index (κ3) is 2.91. The molecule has 2 aromatic heterocycles. The summed E-state index contributed by atoms with van der Waals surface area (Å²) >= 11 is 0. The average Bonchev–Trinajstić information content (AvgIpc) is 2.40. The zero-order chi connectivity index (χ0) is 13.0. The van der Waals surface area contributed by atoms with Crippen LogP contribution >= 0.6 is 0 Å². The molecule has 0 saturated carbocycles. The summed E-state index contributed by atoms with van der Waals surface area (Å²) in [5.74, 6) is -0.206. The van der Waals surface area contributed by atoms with Crippen molar-refractivity contribution >= 4 is 11.8 Å². The smallest absolute Gasteiger partial charge is 0.222 e. The van der Waals surface area contributed by atoms with Crippen molar-refractivity contribution in [3.63, 3.8) is 0 Å². The number of anilines is 2. The fourth-order valence-electron chi connectivity index (χ4n) is 1.57. The Morgan fingerprint density at radius 3 is 2.89 bits per heavy atom. The van der Waals surface area contributed by atoms with E-state index >= 15 is 0 Å². The molecule has 94 valence electrons. The van der Waals surface area contributed by atoms with E-state index in [0.29, 0.717) is 13.0 Å². The van der Waals surface area contributed by atoms with Crippen LogP contribution < -0.4 is 10.6 Å². The minimum Gasteiger partial charge on any atom is -0.368 e. The molecule has 0 aliphatic carbocycles. The van der Waals surface area contributed by atoms with E-state index < -0.39 is 5.82 Å². The number of hydrogen-bond donors (Lipinski definition) is 1. The monoisotopic (exact) mass is 247 g/mol. The van der Waals surface area contributed by atoms with E-state index in [1.54, 1.807) is 18.1 Å². The largest absolute Gasteiger partial charge is 0.368 e. The zero-order valence-electron chi connectivity index (χ0n) is 10.0. The number of aromatic nitrogens is 3. The topological polar surface area (TPSA) is 67.9 Å². The van der Waals surface area contributed by atoms with Gasteiger partial charge in [0.1, 0.15) is 0 Å². The first-order valence-corrected chi connectivity index (χ1v) is 5.56. The molecular weight excluding hydrogens is 233 g/mol. The molecule has 2 aromatic rings. The van der Waals surface area contributed by atoms with Crippen molar-refractivity contribution in [1.29, 1.82) is 0 Å². The van der Waals surface area contributed by atoms with Crippen LogP contribution in [0.1, 0.15) is 5.69 Å². The van der Waals surface area contributed by atoms with Crippen LogP contribution in [0.5, 0.6) is 0 Å². The van der Waals surface area contributed by atoms with E-state index in [1.165, 1.54) is 0 Å². The minimum atomic E-state index is -0.479. The molecule has 6 heteroatoms. The lowest BCUT2D eigenvalue weighted by Crippen LogP contribution is -2.23. The van der Waals surface area contributed by atoms with Gasteiger partial charge in [-0.15, -0.1) is 0 Å². The van der Waals surface area contributed by atoms with Crippen molar-refractivity contribution < 1.29 is 4.39 Å². The summed E-state index contributed by atoms with van der Waals surface area (Å²) in [5.41, 5.74) is 6.40. The van der Waals surface area contributed by atoms with Gasteiger partial charge in [0.25, 0.3) is 0 Å². The molecule has 18 heavy (non-hydrogen) atoms. The van der Waals surface area contributed by atoms with Crippen molar-refractivity contribution in [2.24, 2.45) is 0 Å². The average molecular weight is 247 g/mol. The second-order valence-electron chi connectivity index (χ2n) is 3.89. The van der Waals surface area contributed by atoms with Crippen LogP contribution in [0, 0.1) is 5.82 Å². The maximum Gasteiger partial charge on any atom is 0.222 e. The Labute approximate surface area is 105 Å². The molecule has 2 rings (SSSR count). The van der Waals surface area contributed by atoms with Crippen LogP contribution in [0.2, 0.25) is 0 Å². The summed E-state index contributed by atoms with van der Waals surface area (Å²) in [5, 5.41) is 0. The van der Waals surface area contributed by atoms with Crippen LogP contribution in [-0.4, -0.2) is 28.5 Å². The Morgan fingerprint density at radius 2 is 2.17 bits per heavy atom. The Kier molecular flexibility index (Phi) is 3.66. The lowest BCUT2D eigenvalue weighted by Gasteiger charge is -2.18. The zero-order valence-corrected chi connectivity index (χ0v) is 10.0. The Hall–Kier alpha value is -2.24. The predicted molar refractivity (Wildman–Crippen MR) is 67.6 cm³/mol. The van der Waals surface area contributed by atoms with Gasteiger partial charge in [0, 0.05) is 31.9 Å². The Bertz CT molecular complexity index is 517. The fraction of sp³-hybridized carbons (Fsp3) is 0.250. The molecule has 0 aromatic carbocycles. The van der Waals surface area contributed by atoms with E-state index in [0.717, 1.165) is 11.9 Å². The van der Waals surface area contributed by atoms with Crippen LogP contribution in [0.4, 0.5) is 16.2 Å². The molecule has 0 saturated heterocycles. The third-order valence-corrected chi connectivity index (χ3v) is 2.54. The summed E-state index contributed by atoms with van der Waals surface area (Å²) in [6.07, 6.45) is 3.52. The molecule has 0 amide bonds. The summed E-state index contributed by atoms with van der Waals surface area (Å²) in [7, 11) is 1.76. The van der Waals surface area contributed by atoms with Gasteiger partial charge in [-0.2, -0.15) is 4.98 Å². The maximum absolute atomic E-state index is 13.5. The van der Waals surface area contributed by atoms with E-state index in [4.69, 9.17) is 5.73 Å². The fourth-order valence-corrected chi connectivity index (χ4v) is 1.57. The van der Waals surface area contributed by atoms with Crippen molar-refractivity contribution in [2.75, 3.05) is 24.2 Å². The van der Waals surface area contributed by atoms with Gasteiger partial charge in [0.05, 0.1) is 6.20 Å². The van der Waals surface area contributed by atoms with Gasteiger partial charge in [-0.1, -0.05) is 6.07 Å². The van der Waals surface area contributed by atoms with Crippen molar-refractivity contribution in [3.05, 3.63) is 42.1 Å². The van der Waals surface area contributed by atoms with Gasteiger partial charge in [0.2, 0.25) is 5.95 Å². The second-order valence-corrected chi connectivity index (χ2v) is 3.89. The normalized spacial score (nSPS) is 10.3. The molecule has 0 radical (unpaired) electrons. The van der Waals surface area contributed by atoms with Crippen molar-refractivity contribution in [3.8, 4) is 0 Å². The third-order valence-electron chi connectivity index (χ3n) is 2.54. The first kappa shape index (κ1) is 12.2. The van der Waals surface area contributed by atoms with Gasteiger partial charge in [-0.3, -0.25) is 4.98 Å². The number of nitrogen functional groups attached to an aromatic ring is 1. The second kappa shape index (κ2) is 5.39. The first-order valence-electron chi connectivity index (χ1n) is 5.56. The molecule has 0 spiro atoms.